The molecule has 1 aliphatic carbocycles. The second kappa shape index (κ2) is 4.14. The topological polar surface area (TPSA) is 100 Å². The molecule has 2 N–H and O–H groups in total. The van der Waals surface area contributed by atoms with E-state index >= 15 is 0 Å². The van der Waals surface area contributed by atoms with Crippen LogP contribution >= 0.6 is 23.1 Å². The molecule has 0 spiro atoms. The van der Waals surface area contributed by atoms with Gasteiger partial charge in [0.2, 0.25) is 0 Å². The highest BCUT2D eigenvalue weighted by Crippen LogP contribution is 2.50. The van der Waals surface area contributed by atoms with E-state index < -0.39 is 0 Å². The zero-order chi connectivity index (χ0) is 14.8. The Morgan fingerprint density at radius 1 is 1.32 bits per heavy atom. The fourth-order valence-corrected chi connectivity index (χ4v) is 4.84. The van der Waals surface area contributed by atoms with Crippen molar-refractivity contribution in [1.29, 1.82) is 5.41 Å². The molecule has 0 atom stereocenters. The first kappa shape index (κ1) is 12.3. The van der Waals surface area contributed by atoms with Gasteiger partial charge in [0.25, 0.3) is 0 Å². The van der Waals surface area contributed by atoms with Gasteiger partial charge in [-0.25, -0.2) is 9.61 Å². The number of nitrogens with zero attached hydrogens (tertiary/aromatic N) is 4. The predicted molar refractivity (Wildman–Crippen MR) is 86.5 cm³/mol. The maximum Gasteiger partial charge on any atom is 0.160 e. The molecule has 3 heterocycles. The number of anilines is 1. The van der Waals surface area contributed by atoms with Gasteiger partial charge in [-0.1, -0.05) is 0 Å². The average Bonchev–Trinajstić information content (AvgIpc) is 3.25. The highest BCUT2D eigenvalue weighted by Gasteiger charge is 2.36. The average molecular weight is 328 g/mol. The number of hydrogen-bond donors (Lipinski definition) is 2. The van der Waals surface area contributed by atoms with Crippen LogP contribution in [0.2, 0.25) is 0 Å². The van der Waals surface area contributed by atoms with Crippen LogP contribution in [0.25, 0.3) is 21.5 Å². The van der Waals surface area contributed by atoms with Gasteiger partial charge in [0.15, 0.2) is 5.52 Å². The van der Waals surface area contributed by atoms with Crippen LogP contribution in [-0.4, -0.2) is 39.6 Å². The molecule has 0 saturated heterocycles. The molecule has 0 bridgehead atoms. The Labute approximate surface area is 132 Å². The molecule has 22 heavy (non-hydrogen) atoms. The zero-order valence-corrected chi connectivity index (χ0v) is 12.9. The van der Waals surface area contributed by atoms with Crippen LogP contribution in [0.1, 0.15) is 11.3 Å². The predicted octanol–water partition coefficient (Wildman–Crippen LogP) is 2.62. The lowest BCUT2D eigenvalue weighted by molar-refractivity contribution is 0.315. The number of fused-ring (bicyclic) bond motifs is 8. The van der Waals surface area contributed by atoms with E-state index in [1.54, 1.807) is 24.3 Å². The third-order valence-electron chi connectivity index (χ3n) is 3.86. The first-order valence-corrected chi connectivity index (χ1v) is 8.37. The second-order valence-corrected chi connectivity index (χ2v) is 6.70. The van der Waals surface area contributed by atoms with E-state index in [0.717, 1.165) is 38.2 Å². The Balaban J connectivity index is 2.03. The third-order valence-corrected chi connectivity index (χ3v) is 5.69. The fourth-order valence-electron chi connectivity index (χ4n) is 2.98. The van der Waals surface area contributed by atoms with E-state index in [1.807, 2.05) is 0 Å². The molecular formula is C13H8N6OS2. The smallest absolute Gasteiger partial charge is 0.160 e. The van der Waals surface area contributed by atoms with Crippen LogP contribution in [0.4, 0.5) is 5.69 Å². The summed E-state index contributed by atoms with van der Waals surface area (Å²) in [6.45, 7) is 0. The van der Waals surface area contributed by atoms with Crippen molar-refractivity contribution in [3.63, 3.8) is 0 Å². The van der Waals surface area contributed by atoms with E-state index in [2.05, 4.69) is 25.6 Å². The molecule has 0 radical (unpaired) electrons. The molecule has 2 aliphatic rings. The zero-order valence-electron chi connectivity index (χ0n) is 11.3. The summed E-state index contributed by atoms with van der Waals surface area (Å²) in [6.07, 6.45) is 0. The third kappa shape index (κ3) is 1.30. The van der Waals surface area contributed by atoms with E-state index in [-0.39, 0.29) is 0 Å². The Morgan fingerprint density at radius 3 is 3.05 bits per heavy atom. The lowest BCUT2D eigenvalue weighted by Crippen LogP contribution is -2.23. The minimum atomic E-state index is 0.383. The van der Waals surface area contributed by atoms with Gasteiger partial charge < -0.3 is 5.32 Å². The molecule has 5 rings (SSSR count). The van der Waals surface area contributed by atoms with Gasteiger partial charge in [0.1, 0.15) is 16.9 Å². The van der Waals surface area contributed by atoms with Gasteiger partial charge in [0.05, 0.1) is 27.7 Å². The summed E-state index contributed by atoms with van der Waals surface area (Å²) in [4.78, 5) is 10.7. The van der Waals surface area contributed by atoms with Crippen LogP contribution < -0.4 is 5.32 Å². The number of aromatic nitrogens is 3. The minimum absolute atomic E-state index is 0.383. The van der Waals surface area contributed by atoms with Crippen LogP contribution in [0.5, 0.6) is 0 Å². The Morgan fingerprint density at radius 2 is 2.18 bits per heavy atom. The van der Waals surface area contributed by atoms with Crippen LogP contribution in [0, 0.1) is 5.41 Å². The summed E-state index contributed by atoms with van der Waals surface area (Å²) < 4.78 is 4.97. The van der Waals surface area contributed by atoms with E-state index in [4.69, 9.17) is 10.0 Å². The van der Waals surface area contributed by atoms with Crippen molar-refractivity contribution in [1.82, 2.24) is 15.3 Å². The Bertz CT molecular complexity index is 1000. The molecule has 0 amide bonds. The largest absolute Gasteiger partial charge is 0.373 e. The van der Waals surface area contributed by atoms with Gasteiger partial charge in [0, 0.05) is 23.1 Å². The molecule has 0 unspecified atom stereocenters. The van der Waals surface area contributed by atoms with Crippen molar-refractivity contribution >= 4 is 51.2 Å². The monoisotopic (exact) mass is 328 g/mol. The number of hydrogen-bond acceptors (Lipinski definition) is 9. The highest BCUT2D eigenvalue weighted by atomic mass is 32.2. The van der Waals surface area contributed by atoms with Crippen LogP contribution in [0.3, 0.4) is 0 Å². The summed E-state index contributed by atoms with van der Waals surface area (Å²) >= 11 is 3.19. The molecule has 0 fully saturated rings. The number of nitrogens with one attached hydrogen (secondary N) is 2. The quantitative estimate of drug-likeness (QED) is 0.658. The number of rotatable bonds is 0. The first-order chi connectivity index (χ1) is 10.8. The molecule has 3 aromatic rings. The molecule has 108 valence electrons. The van der Waals surface area contributed by atoms with E-state index in [1.165, 1.54) is 11.3 Å². The van der Waals surface area contributed by atoms with Gasteiger partial charge in [-0.15, -0.1) is 23.1 Å². The number of thiazole rings is 1. The second-order valence-electron chi connectivity index (χ2n) is 4.86. The Hall–Kier alpha value is -2.26. The molecule has 1 aromatic carbocycles. The summed E-state index contributed by atoms with van der Waals surface area (Å²) in [7, 11) is 1.69. The summed E-state index contributed by atoms with van der Waals surface area (Å²) in [5, 5.41) is 20.0. The van der Waals surface area contributed by atoms with Gasteiger partial charge in [-0.05, 0) is 10.3 Å². The van der Waals surface area contributed by atoms with Crippen molar-refractivity contribution in [3.05, 3.63) is 16.8 Å². The normalized spacial score (nSPS) is 17.5. The van der Waals surface area contributed by atoms with Crippen LogP contribution in [-0.2, 0) is 0 Å². The number of benzene rings is 1. The minimum Gasteiger partial charge on any atom is -0.373 e. The lowest BCUT2D eigenvalue weighted by Gasteiger charge is -2.20. The molecule has 0 saturated carbocycles. The van der Waals surface area contributed by atoms with Crippen molar-refractivity contribution in [3.8, 4) is 10.4 Å². The first-order valence-electron chi connectivity index (χ1n) is 6.50. The van der Waals surface area contributed by atoms with Gasteiger partial charge in [-0.2, -0.15) is 0 Å². The van der Waals surface area contributed by atoms with E-state index in [0.29, 0.717) is 22.5 Å². The SMILES string of the molecule is C/N=C1\C(=N)c2c3c(c4nonc4c2-c2scnc21)NCS3. The molecule has 9 heteroatoms. The molecule has 1 aliphatic heterocycles. The van der Waals surface area contributed by atoms with Crippen molar-refractivity contribution in [2.75, 3.05) is 18.2 Å². The molecule has 7 nitrogen and oxygen atoms in total. The summed E-state index contributed by atoms with van der Waals surface area (Å²) in [5.41, 5.74) is 7.54. The van der Waals surface area contributed by atoms with Crippen molar-refractivity contribution in [2.45, 2.75) is 4.90 Å². The highest BCUT2D eigenvalue weighted by molar-refractivity contribution is 8.00. The summed E-state index contributed by atoms with van der Waals surface area (Å²) in [5.74, 6) is 0.745. The Kier molecular flexibility index (Phi) is 2.32. The number of aliphatic imine (C=N–C) groups is 1. The van der Waals surface area contributed by atoms with Gasteiger partial charge >= 0.3 is 0 Å². The fraction of sp³-hybridized carbons (Fsp3) is 0.154. The van der Waals surface area contributed by atoms with Crippen molar-refractivity contribution in [2.24, 2.45) is 4.99 Å². The molecular weight excluding hydrogens is 320 g/mol. The molecule has 2 aromatic heterocycles. The maximum atomic E-state index is 8.61. The van der Waals surface area contributed by atoms with Crippen molar-refractivity contribution < 1.29 is 4.63 Å². The van der Waals surface area contributed by atoms with Crippen LogP contribution in [0.15, 0.2) is 20.0 Å². The lowest BCUT2D eigenvalue weighted by atomic mass is 9.88. The van der Waals surface area contributed by atoms with E-state index in [9.17, 15) is 0 Å². The number of thioether (sulfide) groups is 1. The van der Waals surface area contributed by atoms with Gasteiger partial charge in [-0.3, -0.25) is 10.4 Å². The summed E-state index contributed by atoms with van der Waals surface area (Å²) in [6, 6.07) is 0. The maximum absolute atomic E-state index is 8.61. The standard InChI is InChI=1S/C13H8N6OS2/c1-15-8-6(14)4-5(13-10(8)16-2-22-13)7-9(19-20-18-7)11-12(4)21-3-17-11/h2,14,17H,3H2,1H3/b14-6?,15-8+.